The molecule has 2 aliphatic rings. The minimum Gasteiger partial charge on any atom is -0.423 e. The molecule has 36 heavy (non-hydrogen) atoms. The first-order chi connectivity index (χ1) is 17.7. The summed E-state index contributed by atoms with van der Waals surface area (Å²) >= 11 is 0. The standard InChI is InChI=1S/C31H42N2O3/c1-2-31(34)36-30-20-12-19-29(25-30)33(28-17-10-5-11-18-28)22-24-35-23-21-32(26-13-6-3-7-14-26)27-15-8-4-9-16-27/h2,5,10-12,17-20,25-27H,1,3-4,6-9,13-16,21-24H2. The molecule has 0 unspecified atom stereocenters. The second kappa shape index (κ2) is 14.2. The van der Waals surface area contributed by atoms with E-state index < -0.39 is 5.97 Å². The molecule has 0 N–H and O–H groups in total. The second-order valence-corrected chi connectivity index (χ2v) is 10.0. The molecular weight excluding hydrogens is 448 g/mol. The maximum atomic E-state index is 11.7. The molecule has 0 spiro atoms. The van der Waals surface area contributed by atoms with Gasteiger partial charge in [-0.3, -0.25) is 4.90 Å². The Labute approximate surface area is 217 Å². The predicted molar refractivity (Wildman–Crippen MR) is 147 cm³/mol. The summed E-state index contributed by atoms with van der Waals surface area (Å²) in [5, 5.41) is 0. The number of ether oxygens (including phenoxy) is 2. The van der Waals surface area contributed by atoms with Crippen molar-refractivity contribution in [2.24, 2.45) is 0 Å². The fourth-order valence-electron chi connectivity index (χ4n) is 5.80. The van der Waals surface area contributed by atoms with E-state index in [2.05, 4.69) is 28.5 Å². The van der Waals surface area contributed by atoms with Crippen molar-refractivity contribution >= 4 is 17.3 Å². The quantitative estimate of drug-likeness (QED) is 0.140. The summed E-state index contributed by atoms with van der Waals surface area (Å²) < 4.78 is 11.6. The van der Waals surface area contributed by atoms with E-state index in [0.717, 1.165) is 43.2 Å². The van der Waals surface area contributed by atoms with E-state index in [1.165, 1.54) is 70.3 Å². The molecule has 2 aromatic rings. The fraction of sp³-hybridized carbons (Fsp3) is 0.516. The monoisotopic (exact) mass is 490 g/mol. The van der Waals surface area contributed by atoms with E-state index >= 15 is 0 Å². The summed E-state index contributed by atoms with van der Waals surface area (Å²) in [6.45, 7) is 6.64. The van der Waals surface area contributed by atoms with Gasteiger partial charge >= 0.3 is 5.97 Å². The van der Waals surface area contributed by atoms with Crippen molar-refractivity contribution in [3.8, 4) is 5.75 Å². The maximum Gasteiger partial charge on any atom is 0.335 e. The Hall–Kier alpha value is -2.63. The van der Waals surface area contributed by atoms with Crippen molar-refractivity contribution in [3.63, 3.8) is 0 Å². The largest absolute Gasteiger partial charge is 0.423 e. The van der Waals surface area contributed by atoms with Gasteiger partial charge in [0.1, 0.15) is 5.75 Å². The number of anilines is 2. The normalized spacial score (nSPS) is 17.1. The van der Waals surface area contributed by atoms with Crippen LogP contribution < -0.4 is 9.64 Å². The summed E-state index contributed by atoms with van der Waals surface area (Å²) in [7, 11) is 0. The predicted octanol–water partition coefficient (Wildman–Crippen LogP) is 6.90. The maximum absolute atomic E-state index is 11.7. The van der Waals surface area contributed by atoms with Crippen LogP contribution in [-0.2, 0) is 9.53 Å². The highest BCUT2D eigenvalue weighted by atomic mass is 16.5. The first-order valence-electron chi connectivity index (χ1n) is 13.8. The van der Waals surface area contributed by atoms with Crippen molar-refractivity contribution in [2.75, 3.05) is 31.2 Å². The number of carbonyl (C=O) groups is 1. The Bertz CT molecular complexity index is 918. The Morgan fingerprint density at radius 3 is 2.06 bits per heavy atom. The minimum absolute atomic E-state index is 0.456. The molecule has 0 radical (unpaired) electrons. The summed E-state index contributed by atoms with van der Waals surface area (Å²) in [4.78, 5) is 16.7. The molecular formula is C31H42N2O3. The van der Waals surface area contributed by atoms with Crippen molar-refractivity contribution in [2.45, 2.75) is 76.3 Å². The molecule has 0 aromatic heterocycles. The molecule has 2 aromatic carbocycles. The van der Waals surface area contributed by atoms with Crippen LogP contribution in [0.3, 0.4) is 0 Å². The molecule has 5 heteroatoms. The van der Waals surface area contributed by atoms with Crippen molar-refractivity contribution in [1.82, 2.24) is 4.90 Å². The molecule has 0 heterocycles. The average Bonchev–Trinajstić information content (AvgIpc) is 2.94. The van der Waals surface area contributed by atoms with E-state index in [1.54, 1.807) is 6.07 Å². The van der Waals surface area contributed by atoms with Crippen LogP contribution in [0, 0.1) is 0 Å². The highest BCUT2D eigenvalue weighted by Crippen LogP contribution is 2.30. The highest BCUT2D eigenvalue weighted by Gasteiger charge is 2.28. The van der Waals surface area contributed by atoms with Gasteiger partial charge in [-0.2, -0.15) is 0 Å². The van der Waals surface area contributed by atoms with E-state index in [0.29, 0.717) is 12.4 Å². The third-order valence-corrected chi connectivity index (χ3v) is 7.62. The Morgan fingerprint density at radius 2 is 1.42 bits per heavy atom. The Balaban J connectivity index is 1.35. The number of carbonyl (C=O) groups excluding carboxylic acids is 1. The molecule has 4 rings (SSSR count). The summed E-state index contributed by atoms with van der Waals surface area (Å²) in [6, 6.07) is 19.4. The van der Waals surface area contributed by atoms with E-state index in [4.69, 9.17) is 9.47 Å². The molecule has 0 aliphatic heterocycles. The van der Waals surface area contributed by atoms with Crippen LogP contribution >= 0.6 is 0 Å². The number of rotatable bonds is 12. The number of esters is 1. The molecule has 5 nitrogen and oxygen atoms in total. The third kappa shape index (κ3) is 7.68. The van der Waals surface area contributed by atoms with Gasteiger partial charge in [-0.05, 0) is 49.9 Å². The second-order valence-electron chi connectivity index (χ2n) is 10.0. The van der Waals surface area contributed by atoms with Gasteiger partial charge in [0, 0.05) is 48.7 Å². The Kier molecular flexibility index (Phi) is 10.4. The van der Waals surface area contributed by atoms with Gasteiger partial charge in [0.05, 0.1) is 13.2 Å². The van der Waals surface area contributed by atoms with Crippen LogP contribution in [0.15, 0.2) is 67.3 Å². The lowest BCUT2D eigenvalue weighted by Gasteiger charge is -2.41. The molecule has 2 saturated carbocycles. The van der Waals surface area contributed by atoms with Crippen LogP contribution in [0.5, 0.6) is 5.75 Å². The molecule has 0 saturated heterocycles. The Morgan fingerprint density at radius 1 is 0.806 bits per heavy atom. The first kappa shape index (κ1) is 26.4. The molecule has 2 aliphatic carbocycles. The molecule has 0 atom stereocenters. The summed E-state index contributed by atoms with van der Waals surface area (Å²) in [6.07, 6.45) is 14.9. The van der Waals surface area contributed by atoms with Gasteiger partial charge in [0.25, 0.3) is 0 Å². The van der Waals surface area contributed by atoms with Gasteiger partial charge in [-0.15, -0.1) is 0 Å². The molecule has 2 fully saturated rings. The highest BCUT2D eigenvalue weighted by molar-refractivity contribution is 5.83. The van der Waals surface area contributed by atoms with Gasteiger partial charge in [0.2, 0.25) is 0 Å². The smallest absolute Gasteiger partial charge is 0.335 e. The van der Waals surface area contributed by atoms with Crippen LogP contribution in [0.4, 0.5) is 11.4 Å². The fourth-order valence-corrected chi connectivity index (χ4v) is 5.80. The van der Waals surface area contributed by atoms with E-state index in [9.17, 15) is 4.79 Å². The summed E-state index contributed by atoms with van der Waals surface area (Å²) in [5.41, 5.74) is 2.05. The van der Waals surface area contributed by atoms with Gasteiger partial charge in [0.15, 0.2) is 0 Å². The van der Waals surface area contributed by atoms with E-state index in [-0.39, 0.29) is 0 Å². The lowest BCUT2D eigenvalue weighted by Crippen LogP contribution is -2.46. The van der Waals surface area contributed by atoms with Crippen molar-refractivity contribution in [1.29, 1.82) is 0 Å². The number of hydrogen-bond donors (Lipinski definition) is 0. The molecule has 0 amide bonds. The number of nitrogens with zero attached hydrogens (tertiary/aromatic N) is 2. The zero-order valence-electron chi connectivity index (χ0n) is 21.7. The topological polar surface area (TPSA) is 42.0 Å². The third-order valence-electron chi connectivity index (χ3n) is 7.62. The zero-order chi connectivity index (χ0) is 25.0. The zero-order valence-corrected chi connectivity index (χ0v) is 21.7. The van der Waals surface area contributed by atoms with Crippen molar-refractivity contribution < 1.29 is 14.3 Å². The van der Waals surface area contributed by atoms with Gasteiger partial charge < -0.3 is 14.4 Å². The SMILES string of the molecule is C=CC(=O)Oc1cccc(N(CCOCCN(C2CCCCC2)C2CCCCC2)c2ccccc2)c1. The van der Waals surface area contributed by atoms with Crippen LogP contribution in [0.25, 0.3) is 0 Å². The van der Waals surface area contributed by atoms with Crippen LogP contribution in [0.1, 0.15) is 64.2 Å². The lowest BCUT2D eigenvalue weighted by molar-refractivity contribution is -0.128. The van der Waals surface area contributed by atoms with Crippen LogP contribution in [-0.4, -0.2) is 49.3 Å². The summed E-state index contributed by atoms with van der Waals surface area (Å²) in [5.74, 6) is 0.0529. The van der Waals surface area contributed by atoms with E-state index in [1.807, 2.05) is 36.4 Å². The first-order valence-corrected chi connectivity index (χ1v) is 13.8. The molecule has 194 valence electrons. The minimum atomic E-state index is -0.456. The molecule has 0 bridgehead atoms. The lowest BCUT2D eigenvalue weighted by atomic mass is 9.88. The van der Waals surface area contributed by atoms with Gasteiger partial charge in [-0.25, -0.2) is 4.79 Å². The number of hydrogen-bond acceptors (Lipinski definition) is 5. The van der Waals surface area contributed by atoms with Crippen LogP contribution in [0.2, 0.25) is 0 Å². The van der Waals surface area contributed by atoms with Gasteiger partial charge in [-0.1, -0.05) is 69.4 Å². The van der Waals surface area contributed by atoms with Crippen molar-refractivity contribution in [3.05, 3.63) is 67.3 Å². The number of benzene rings is 2. The number of para-hydroxylation sites is 1. The average molecular weight is 491 g/mol.